The second kappa shape index (κ2) is 3.67. The van der Waals surface area contributed by atoms with Crippen LogP contribution in [0.1, 0.15) is 25.3 Å². The Morgan fingerprint density at radius 2 is 2.50 bits per heavy atom. The smallest absolute Gasteiger partial charge is 0.0932 e. The molecular formula is C11H16N2O. The summed E-state index contributed by atoms with van der Waals surface area (Å²) in [6.07, 6.45) is 5.46. The Hall–Kier alpha value is -0.930. The van der Waals surface area contributed by atoms with Gasteiger partial charge in [-0.3, -0.25) is 4.98 Å². The summed E-state index contributed by atoms with van der Waals surface area (Å²) in [4.78, 5) is 4.11. The van der Waals surface area contributed by atoms with E-state index in [9.17, 15) is 0 Å². The van der Waals surface area contributed by atoms with E-state index in [-0.39, 0.29) is 11.6 Å². The second-order valence-electron chi connectivity index (χ2n) is 4.07. The number of hydrogen-bond acceptors (Lipinski definition) is 3. The van der Waals surface area contributed by atoms with Crippen molar-refractivity contribution in [2.45, 2.75) is 31.4 Å². The van der Waals surface area contributed by atoms with Crippen molar-refractivity contribution >= 4 is 0 Å². The van der Waals surface area contributed by atoms with E-state index in [1.807, 2.05) is 18.3 Å². The fraction of sp³-hybridized carbons (Fsp3) is 0.545. The van der Waals surface area contributed by atoms with E-state index in [4.69, 9.17) is 10.5 Å². The Labute approximate surface area is 84.3 Å². The van der Waals surface area contributed by atoms with E-state index in [2.05, 4.69) is 11.9 Å². The highest BCUT2D eigenvalue weighted by molar-refractivity contribution is 5.18. The molecule has 3 heteroatoms. The van der Waals surface area contributed by atoms with Crippen molar-refractivity contribution in [2.75, 3.05) is 6.61 Å². The molecule has 1 aliphatic heterocycles. The summed E-state index contributed by atoms with van der Waals surface area (Å²) >= 11 is 0. The Morgan fingerprint density at radius 1 is 1.64 bits per heavy atom. The first-order valence-corrected chi connectivity index (χ1v) is 5.01. The molecule has 2 heterocycles. The summed E-state index contributed by atoms with van der Waals surface area (Å²) in [5.41, 5.74) is 6.82. The highest BCUT2D eigenvalue weighted by atomic mass is 16.5. The van der Waals surface area contributed by atoms with Crippen LogP contribution in [0.15, 0.2) is 24.5 Å². The minimum atomic E-state index is -0.244. The van der Waals surface area contributed by atoms with Gasteiger partial charge in [0, 0.05) is 30.6 Å². The normalized spacial score (nSPS) is 32.9. The van der Waals surface area contributed by atoms with Crippen molar-refractivity contribution in [3.05, 3.63) is 30.1 Å². The van der Waals surface area contributed by atoms with Crippen LogP contribution < -0.4 is 5.73 Å². The van der Waals surface area contributed by atoms with Crippen LogP contribution in [0.3, 0.4) is 0 Å². The van der Waals surface area contributed by atoms with Crippen LogP contribution in [0, 0.1) is 0 Å². The highest BCUT2D eigenvalue weighted by Crippen LogP contribution is 2.33. The minimum Gasteiger partial charge on any atom is -0.370 e. The number of aromatic nitrogens is 1. The standard InChI is InChI=1S/C11H16N2O/c1-11(7-10(12)4-6-14-11)9-3-2-5-13-8-9/h2-3,5,8,10H,4,6-7,12H2,1H3. The Morgan fingerprint density at radius 3 is 3.14 bits per heavy atom. The van der Waals surface area contributed by atoms with Crippen molar-refractivity contribution < 1.29 is 4.74 Å². The van der Waals surface area contributed by atoms with E-state index in [1.54, 1.807) is 6.20 Å². The van der Waals surface area contributed by atoms with Crippen molar-refractivity contribution in [3.63, 3.8) is 0 Å². The van der Waals surface area contributed by atoms with Gasteiger partial charge in [-0.05, 0) is 25.8 Å². The van der Waals surface area contributed by atoms with Gasteiger partial charge in [-0.2, -0.15) is 0 Å². The molecule has 0 radical (unpaired) electrons. The number of pyridine rings is 1. The molecule has 0 aromatic carbocycles. The number of rotatable bonds is 1. The van der Waals surface area contributed by atoms with Gasteiger partial charge in [-0.15, -0.1) is 0 Å². The molecular weight excluding hydrogens is 176 g/mol. The molecule has 0 spiro atoms. The molecule has 1 saturated heterocycles. The first-order chi connectivity index (χ1) is 6.71. The van der Waals surface area contributed by atoms with E-state index in [1.165, 1.54) is 0 Å². The van der Waals surface area contributed by atoms with Crippen molar-refractivity contribution in [1.29, 1.82) is 0 Å². The monoisotopic (exact) mass is 192 g/mol. The molecule has 1 aliphatic rings. The summed E-state index contributed by atoms with van der Waals surface area (Å²) in [6, 6.07) is 4.23. The molecule has 2 atom stereocenters. The Kier molecular flexibility index (Phi) is 2.52. The van der Waals surface area contributed by atoms with Crippen molar-refractivity contribution in [2.24, 2.45) is 5.73 Å². The van der Waals surface area contributed by atoms with Crippen LogP contribution >= 0.6 is 0 Å². The quantitative estimate of drug-likeness (QED) is 0.732. The summed E-state index contributed by atoms with van der Waals surface area (Å²) in [6.45, 7) is 2.83. The van der Waals surface area contributed by atoms with Crippen LogP contribution in [0.4, 0.5) is 0 Å². The maximum atomic E-state index is 5.95. The van der Waals surface area contributed by atoms with E-state index in [0.29, 0.717) is 0 Å². The third kappa shape index (κ3) is 1.79. The lowest BCUT2D eigenvalue weighted by Crippen LogP contribution is -2.41. The predicted molar refractivity (Wildman–Crippen MR) is 54.8 cm³/mol. The third-order valence-electron chi connectivity index (χ3n) is 2.83. The molecule has 1 aromatic heterocycles. The van der Waals surface area contributed by atoms with Gasteiger partial charge in [0.25, 0.3) is 0 Å². The number of hydrogen-bond donors (Lipinski definition) is 1. The first-order valence-electron chi connectivity index (χ1n) is 5.01. The molecule has 2 unspecified atom stereocenters. The molecule has 2 N–H and O–H groups in total. The molecule has 0 bridgehead atoms. The maximum Gasteiger partial charge on any atom is 0.0932 e. The summed E-state index contributed by atoms with van der Waals surface area (Å²) < 4.78 is 5.80. The molecule has 14 heavy (non-hydrogen) atoms. The number of ether oxygens (including phenoxy) is 1. The number of nitrogens with zero attached hydrogens (tertiary/aromatic N) is 1. The predicted octanol–water partition coefficient (Wildman–Crippen LogP) is 1.43. The summed E-state index contributed by atoms with van der Waals surface area (Å²) in [7, 11) is 0. The first kappa shape index (κ1) is 9.62. The molecule has 2 rings (SSSR count). The van der Waals surface area contributed by atoms with Crippen LogP contribution in [0.25, 0.3) is 0 Å². The fourth-order valence-electron chi connectivity index (χ4n) is 1.97. The average molecular weight is 192 g/mol. The zero-order chi connectivity index (χ0) is 10.0. The van der Waals surface area contributed by atoms with Gasteiger partial charge in [-0.1, -0.05) is 6.07 Å². The van der Waals surface area contributed by atoms with Crippen molar-refractivity contribution in [3.8, 4) is 0 Å². The molecule has 0 aliphatic carbocycles. The summed E-state index contributed by atoms with van der Waals surface area (Å²) in [5, 5.41) is 0. The van der Waals surface area contributed by atoms with Gasteiger partial charge in [0.05, 0.1) is 5.60 Å². The van der Waals surface area contributed by atoms with Gasteiger partial charge in [0.2, 0.25) is 0 Å². The Bertz CT molecular complexity index is 301. The maximum absolute atomic E-state index is 5.95. The third-order valence-corrected chi connectivity index (χ3v) is 2.83. The molecule has 0 amide bonds. The lowest BCUT2D eigenvalue weighted by atomic mass is 9.87. The molecule has 3 nitrogen and oxygen atoms in total. The van der Waals surface area contributed by atoms with Gasteiger partial charge < -0.3 is 10.5 Å². The van der Waals surface area contributed by atoms with Crippen LogP contribution in [0.5, 0.6) is 0 Å². The SMILES string of the molecule is CC1(c2cccnc2)CC(N)CCO1. The van der Waals surface area contributed by atoms with Crippen LogP contribution in [-0.4, -0.2) is 17.6 Å². The van der Waals surface area contributed by atoms with Crippen molar-refractivity contribution in [1.82, 2.24) is 4.98 Å². The van der Waals surface area contributed by atoms with E-state index < -0.39 is 0 Å². The molecule has 76 valence electrons. The van der Waals surface area contributed by atoms with Gasteiger partial charge in [0.15, 0.2) is 0 Å². The second-order valence-corrected chi connectivity index (χ2v) is 4.07. The van der Waals surface area contributed by atoms with Crippen LogP contribution in [0.2, 0.25) is 0 Å². The summed E-state index contributed by atoms with van der Waals surface area (Å²) in [5.74, 6) is 0. The lowest BCUT2D eigenvalue weighted by molar-refractivity contribution is -0.0768. The zero-order valence-electron chi connectivity index (χ0n) is 8.44. The van der Waals surface area contributed by atoms with Gasteiger partial charge in [0.1, 0.15) is 0 Å². The zero-order valence-corrected chi connectivity index (χ0v) is 8.44. The molecule has 1 aromatic rings. The molecule has 0 saturated carbocycles. The average Bonchev–Trinajstić information content (AvgIpc) is 2.19. The van der Waals surface area contributed by atoms with E-state index in [0.717, 1.165) is 25.0 Å². The minimum absolute atomic E-state index is 0.244. The van der Waals surface area contributed by atoms with Gasteiger partial charge >= 0.3 is 0 Å². The topological polar surface area (TPSA) is 48.1 Å². The molecule has 1 fully saturated rings. The lowest BCUT2D eigenvalue weighted by Gasteiger charge is -2.37. The van der Waals surface area contributed by atoms with Crippen LogP contribution in [-0.2, 0) is 10.3 Å². The fourth-order valence-corrected chi connectivity index (χ4v) is 1.97. The largest absolute Gasteiger partial charge is 0.370 e. The van der Waals surface area contributed by atoms with E-state index >= 15 is 0 Å². The Balaban J connectivity index is 2.23. The van der Waals surface area contributed by atoms with Gasteiger partial charge in [-0.25, -0.2) is 0 Å². The highest BCUT2D eigenvalue weighted by Gasteiger charge is 2.33. The number of nitrogens with two attached hydrogens (primary N) is 1.